The standard InChI is InChI=1S/C14H19NO5S/c15-21(16,17)18-10-12-13(11-6-2-1-3-7-11)20-14(19-12)8-4-5-9-14/h1-3,6-7,12-13H,4-5,8-10H2,(H2,15,16,17)/t12-,13-/m1/s1. The molecule has 2 fully saturated rings. The highest BCUT2D eigenvalue weighted by Gasteiger charge is 2.49. The van der Waals surface area contributed by atoms with Crippen LogP contribution in [0.25, 0.3) is 0 Å². The summed E-state index contributed by atoms with van der Waals surface area (Å²) in [5.41, 5.74) is 0.948. The molecule has 1 saturated carbocycles. The third-order valence-electron chi connectivity index (χ3n) is 3.94. The Morgan fingerprint density at radius 3 is 2.48 bits per heavy atom. The van der Waals surface area contributed by atoms with E-state index in [-0.39, 0.29) is 12.7 Å². The van der Waals surface area contributed by atoms with Gasteiger partial charge in [0.2, 0.25) is 0 Å². The zero-order valence-corrected chi connectivity index (χ0v) is 12.4. The van der Waals surface area contributed by atoms with E-state index in [2.05, 4.69) is 0 Å². The van der Waals surface area contributed by atoms with Crippen molar-refractivity contribution in [3.63, 3.8) is 0 Å². The molecule has 6 nitrogen and oxygen atoms in total. The summed E-state index contributed by atoms with van der Waals surface area (Å²) in [6, 6.07) is 9.62. The summed E-state index contributed by atoms with van der Waals surface area (Å²) in [5.74, 6) is -0.604. The highest BCUT2D eigenvalue weighted by atomic mass is 32.2. The van der Waals surface area contributed by atoms with Gasteiger partial charge in [0.25, 0.3) is 0 Å². The van der Waals surface area contributed by atoms with E-state index in [1.807, 2.05) is 30.3 Å². The van der Waals surface area contributed by atoms with Crippen LogP contribution in [0.15, 0.2) is 30.3 Å². The van der Waals surface area contributed by atoms with E-state index in [4.69, 9.17) is 18.8 Å². The minimum Gasteiger partial charge on any atom is -0.341 e. The van der Waals surface area contributed by atoms with Crippen molar-refractivity contribution in [3.8, 4) is 0 Å². The predicted molar refractivity (Wildman–Crippen MR) is 75.4 cm³/mol. The van der Waals surface area contributed by atoms with Crippen molar-refractivity contribution in [1.82, 2.24) is 0 Å². The van der Waals surface area contributed by atoms with Gasteiger partial charge in [0.15, 0.2) is 5.79 Å². The second-order valence-corrected chi connectivity index (χ2v) is 6.72. The van der Waals surface area contributed by atoms with Crippen LogP contribution in [-0.4, -0.2) is 26.9 Å². The fourth-order valence-corrected chi connectivity index (χ4v) is 3.35. The molecule has 1 aromatic carbocycles. The predicted octanol–water partition coefficient (Wildman–Crippen LogP) is 1.63. The second-order valence-electron chi connectivity index (χ2n) is 5.50. The Bertz CT molecular complexity index is 583. The van der Waals surface area contributed by atoms with Crippen molar-refractivity contribution in [2.24, 2.45) is 5.14 Å². The summed E-state index contributed by atoms with van der Waals surface area (Å²) < 4.78 is 38.9. The molecule has 7 heteroatoms. The van der Waals surface area contributed by atoms with Gasteiger partial charge in [-0.15, -0.1) is 0 Å². The molecule has 1 aromatic rings. The normalized spacial score (nSPS) is 28.2. The van der Waals surface area contributed by atoms with E-state index < -0.39 is 22.2 Å². The Labute approximate surface area is 124 Å². The number of rotatable bonds is 4. The van der Waals surface area contributed by atoms with E-state index >= 15 is 0 Å². The number of hydrogen-bond acceptors (Lipinski definition) is 5. The Balaban J connectivity index is 1.80. The average Bonchev–Trinajstić information content (AvgIpc) is 3.05. The van der Waals surface area contributed by atoms with Crippen molar-refractivity contribution in [1.29, 1.82) is 0 Å². The Kier molecular flexibility index (Phi) is 4.02. The molecule has 2 N–H and O–H groups in total. The summed E-state index contributed by atoms with van der Waals surface area (Å²) >= 11 is 0. The zero-order chi connectivity index (χ0) is 14.9. The minimum absolute atomic E-state index is 0.139. The lowest BCUT2D eigenvalue weighted by molar-refractivity contribution is -0.171. The molecule has 1 aliphatic carbocycles. The lowest BCUT2D eigenvalue weighted by atomic mass is 10.1. The summed E-state index contributed by atoms with van der Waals surface area (Å²) in [6.45, 7) is -0.139. The first-order chi connectivity index (χ1) is 9.98. The smallest absolute Gasteiger partial charge is 0.333 e. The zero-order valence-electron chi connectivity index (χ0n) is 11.6. The molecule has 2 atom stereocenters. The van der Waals surface area contributed by atoms with E-state index in [0.717, 1.165) is 31.2 Å². The molecule has 1 saturated heterocycles. The molecule has 1 spiro atoms. The average molecular weight is 313 g/mol. The molecule has 0 radical (unpaired) electrons. The van der Waals surface area contributed by atoms with Gasteiger partial charge in [-0.25, -0.2) is 5.14 Å². The molecule has 0 amide bonds. The molecular weight excluding hydrogens is 294 g/mol. The summed E-state index contributed by atoms with van der Waals surface area (Å²) in [7, 11) is -3.99. The lowest BCUT2D eigenvalue weighted by Gasteiger charge is -2.21. The van der Waals surface area contributed by atoms with Gasteiger partial charge < -0.3 is 9.47 Å². The first-order valence-corrected chi connectivity index (χ1v) is 8.52. The van der Waals surface area contributed by atoms with Crippen LogP contribution in [0, 0.1) is 0 Å². The number of hydrogen-bond donors (Lipinski definition) is 1. The SMILES string of the molecule is NS(=O)(=O)OC[C@H]1OC2(CCCC2)O[C@@H]1c1ccccc1. The van der Waals surface area contributed by atoms with Crippen molar-refractivity contribution >= 4 is 10.3 Å². The monoisotopic (exact) mass is 313 g/mol. The molecule has 2 aliphatic rings. The molecule has 21 heavy (non-hydrogen) atoms. The van der Waals surface area contributed by atoms with E-state index in [1.165, 1.54) is 0 Å². The molecule has 0 unspecified atom stereocenters. The molecular formula is C14H19NO5S. The Morgan fingerprint density at radius 2 is 1.86 bits per heavy atom. The maximum atomic E-state index is 11.0. The van der Waals surface area contributed by atoms with Crippen molar-refractivity contribution < 1.29 is 22.1 Å². The fraction of sp³-hybridized carbons (Fsp3) is 0.571. The summed E-state index contributed by atoms with van der Waals surface area (Å²) in [6.07, 6.45) is 2.91. The summed E-state index contributed by atoms with van der Waals surface area (Å²) in [5, 5.41) is 4.90. The van der Waals surface area contributed by atoms with Gasteiger partial charge in [-0.1, -0.05) is 30.3 Å². The van der Waals surface area contributed by atoms with Crippen LogP contribution < -0.4 is 5.14 Å². The van der Waals surface area contributed by atoms with Crippen molar-refractivity contribution in [3.05, 3.63) is 35.9 Å². The van der Waals surface area contributed by atoms with Crippen LogP contribution in [0.2, 0.25) is 0 Å². The quantitative estimate of drug-likeness (QED) is 0.913. The topological polar surface area (TPSA) is 87.9 Å². The van der Waals surface area contributed by atoms with E-state index in [1.54, 1.807) is 0 Å². The van der Waals surface area contributed by atoms with E-state index in [9.17, 15) is 8.42 Å². The fourth-order valence-electron chi connectivity index (χ4n) is 3.03. The van der Waals surface area contributed by atoms with Gasteiger partial charge in [0.05, 0.1) is 6.61 Å². The maximum absolute atomic E-state index is 11.0. The number of nitrogens with two attached hydrogens (primary N) is 1. The van der Waals surface area contributed by atoms with Gasteiger partial charge >= 0.3 is 10.3 Å². The second kappa shape index (κ2) is 5.66. The van der Waals surface area contributed by atoms with Gasteiger partial charge in [-0.05, 0) is 18.4 Å². The third-order valence-corrected chi connectivity index (χ3v) is 4.40. The van der Waals surface area contributed by atoms with Crippen LogP contribution in [0.1, 0.15) is 37.4 Å². The highest BCUT2D eigenvalue weighted by molar-refractivity contribution is 7.84. The van der Waals surface area contributed by atoms with Gasteiger partial charge in [-0.2, -0.15) is 8.42 Å². The van der Waals surface area contributed by atoms with Crippen LogP contribution >= 0.6 is 0 Å². The van der Waals surface area contributed by atoms with Gasteiger partial charge in [-0.3, -0.25) is 4.18 Å². The Hall–Kier alpha value is -0.990. The molecule has 0 aromatic heterocycles. The lowest BCUT2D eigenvalue weighted by Crippen LogP contribution is -2.29. The van der Waals surface area contributed by atoms with Crippen molar-refractivity contribution in [2.75, 3.05) is 6.61 Å². The first-order valence-electron chi connectivity index (χ1n) is 7.05. The largest absolute Gasteiger partial charge is 0.341 e. The first kappa shape index (κ1) is 14.9. The number of ether oxygens (including phenoxy) is 2. The molecule has 1 aliphatic heterocycles. The maximum Gasteiger partial charge on any atom is 0.333 e. The van der Waals surface area contributed by atoms with E-state index in [0.29, 0.717) is 0 Å². The van der Waals surface area contributed by atoms with Gasteiger partial charge in [0.1, 0.15) is 12.2 Å². The van der Waals surface area contributed by atoms with Crippen LogP contribution in [0.5, 0.6) is 0 Å². The molecule has 1 heterocycles. The number of benzene rings is 1. The van der Waals surface area contributed by atoms with Crippen LogP contribution in [0.3, 0.4) is 0 Å². The molecule has 0 bridgehead atoms. The summed E-state index contributed by atoms with van der Waals surface area (Å²) in [4.78, 5) is 0. The minimum atomic E-state index is -3.99. The van der Waals surface area contributed by atoms with Crippen LogP contribution in [0.4, 0.5) is 0 Å². The highest BCUT2D eigenvalue weighted by Crippen LogP contribution is 2.47. The van der Waals surface area contributed by atoms with Crippen LogP contribution in [-0.2, 0) is 24.0 Å². The molecule has 116 valence electrons. The third kappa shape index (κ3) is 3.44. The van der Waals surface area contributed by atoms with Gasteiger partial charge in [0, 0.05) is 12.8 Å². The molecule has 3 rings (SSSR count). The van der Waals surface area contributed by atoms with Crippen molar-refractivity contribution in [2.45, 2.75) is 43.7 Å². The Morgan fingerprint density at radius 1 is 1.19 bits per heavy atom.